The van der Waals surface area contributed by atoms with Gasteiger partial charge in [0, 0.05) is 57.2 Å². The highest BCUT2D eigenvalue weighted by molar-refractivity contribution is 7.90. The third-order valence-electron chi connectivity index (χ3n) is 4.95. The van der Waals surface area contributed by atoms with E-state index >= 15 is 0 Å². The first-order valence-corrected chi connectivity index (χ1v) is 11.8. The van der Waals surface area contributed by atoms with E-state index in [4.69, 9.17) is 14.2 Å². The average molecular weight is 451 g/mol. The third-order valence-corrected chi connectivity index (χ3v) is 6.08. The SMILES string of the molecule is COCCOC(=O)N1CCC(Oc2ccn(-c3ccc(S(C)(=O)=O)cc3)c(=O)c2)CC1. The van der Waals surface area contributed by atoms with Crippen molar-refractivity contribution in [2.75, 3.05) is 39.7 Å². The van der Waals surface area contributed by atoms with E-state index in [0.717, 1.165) is 6.26 Å². The van der Waals surface area contributed by atoms with Gasteiger partial charge in [-0.15, -0.1) is 0 Å². The number of benzene rings is 1. The molecule has 0 saturated carbocycles. The monoisotopic (exact) mass is 450 g/mol. The van der Waals surface area contributed by atoms with Crippen LogP contribution in [0.2, 0.25) is 0 Å². The molecule has 0 unspecified atom stereocenters. The average Bonchev–Trinajstić information content (AvgIpc) is 2.74. The molecule has 1 aromatic heterocycles. The zero-order chi connectivity index (χ0) is 22.4. The van der Waals surface area contributed by atoms with Crippen molar-refractivity contribution in [1.29, 1.82) is 0 Å². The molecule has 1 amide bonds. The molecule has 0 atom stereocenters. The molecule has 1 aliphatic rings. The summed E-state index contributed by atoms with van der Waals surface area (Å²) >= 11 is 0. The molecular weight excluding hydrogens is 424 g/mol. The van der Waals surface area contributed by atoms with E-state index in [0.29, 0.717) is 44.0 Å². The molecule has 1 aliphatic heterocycles. The number of sulfone groups is 1. The van der Waals surface area contributed by atoms with Gasteiger partial charge in [0.15, 0.2) is 9.84 Å². The van der Waals surface area contributed by atoms with Crippen molar-refractivity contribution in [2.24, 2.45) is 0 Å². The van der Waals surface area contributed by atoms with Gasteiger partial charge in [-0.1, -0.05) is 0 Å². The van der Waals surface area contributed by atoms with Crippen molar-refractivity contribution in [3.05, 3.63) is 52.9 Å². The maximum Gasteiger partial charge on any atom is 0.409 e. The molecule has 0 spiro atoms. The Kier molecular flexibility index (Phi) is 7.34. The van der Waals surface area contributed by atoms with E-state index in [9.17, 15) is 18.0 Å². The Hall–Kier alpha value is -2.85. The number of ether oxygens (including phenoxy) is 3. The fourth-order valence-corrected chi connectivity index (χ4v) is 3.88. The quantitative estimate of drug-likeness (QED) is 0.593. The third kappa shape index (κ3) is 6.08. The van der Waals surface area contributed by atoms with Crippen LogP contribution in [0.4, 0.5) is 4.79 Å². The molecule has 9 nitrogen and oxygen atoms in total. The summed E-state index contributed by atoms with van der Waals surface area (Å²) in [7, 11) is -1.75. The van der Waals surface area contributed by atoms with E-state index in [1.54, 1.807) is 36.4 Å². The molecule has 0 bridgehead atoms. The highest BCUT2D eigenvalue weighted by Crippen LogP contribution is 2.19. The van der Waals surface area contributed by atoms with Crippen molar-refractivity contribution in [2.45, 2.75) is 23.8 Å². The summed E-state index contributed by atoms with van der Waals surface area (Å²) < 4.78 is 40.5. The molecule has 0 N–H and O–H groups in total. The van der Waals surface area contributed by atoms with Crippen molar-refractivity contribution in [1.82, 2.24) is 9.47 Å². The van der Waals surface area contributed by atoms with Crippen LogP contribution in [0.15, 0.2) is 52.3 Å². The zero-order valence-electron chi connectivity index (χ0n) is 17.5. The van der Waals surface area contributed by atoms with E-state index in [1.165, 1.54) is 22.8 Å². The van der Waals surface area contributed by atoms with Gasteiger partial charge in [0.05, 0.1) is 11.5 Å². The first-order chi connectivity index (χ1) is 14.8. The fourth-order valence-electron chi connectivity index (χ4n) is 3.25. The number of hydrogen-bond acceptors (Lipinski definition) is 7. The molecule has 1 fully saturated rings. The summed E-state index contributed by atoms with van der Waals surface area (Å²) in [6.07, 6.45) is 3.53. The molecule has 2 aromatic rings. The Balaban J connectivity index is 1.58. The van der Waals surface area contributed by atoms with Crippen LogP contribution < -0.4 is 10.3 Å². The number of amides is 1. The molecule has 3 rings (SSSR count). The molecule has 10 heteroatoms. The number of hydrogen-bond donors (Lipinski definition) is 0. The number of carbonyl (C=O) groups is 1. The Morgan fingerprint density at radius 3 is 2.35 bits per heavy atom. The van der Waals surface area contributed by atoms with Crippen molar-refractivity contribution >= 4 is 15.9 Å². The molecule has 0 radical (unpaired) electrons. The Morgan fingerprint density at radius 2 is 1.77 bits per heavy atom. The normalized spacial score (nSPS) is 15.0. The smallest absolute Gasteiger partial charge is 0.409 e. The second-order valence-electron chi connectivity index (χ2n) is 7.25. The number of nitrogens with zero attached hydrogens (tertiary/aromatic N) is 2. The number of pyridine rings is 1. The predicted molar refractivity (Wildman–Crippen MR) is 114 cm³/mol. The topological polar surface area (TPSA) is 104 Å². The number of methoxy groups -OCH3 is 1. The molecular formula is C21H26N2O7S. The number of piperidine rings is 1. The van der Waals surface area contributed by atoms with Crippen molar-refractivity contribution < 1.29 is 27.4 Å². The van der Waals surface area contributed by atoms with E-state index in [2.05, 4.69) is 0 Å². The summed E-state index contributed by atoms with van der Waals surface area (Å²) in [5.41, 5.74) is 0.271. The van der Waals surface area contributed by atoms with Gasteiger partial charge in [-0.05, 0) is 30.3 Å². The highest BCUT2D eigenvalue weighted by Gasteiger charge is 2.25. The molecule has 2 heterocycles. The van der Waals surface area contributed by atoms with Crippen LogP contribution in [0.5, 0.6) is 5.75 Å². The second-order valence-corrected chi connectivity index (χ2v) is 9.26. The second kappa shape index (κ2) is 9.97. The minimum Gasteiger partial charge on any atom is -0.490 e. The summed E-state index contributed by atoms with van der Waals surface area (Å²) in [5, 5.41) is 0. The van der Waals surface area contributed by atoms with Crippen LogP contribution >= 0.6 is 0 Å². The lowest BCUT2D eigenvalue weighted by Gasteiger charge is -2.31. The lowest BCUT2D eigenvalue weighted by molar-refractivity contribution is 0.0514. The minimum atomic E-state index is -3.30. The van der Waals surface area contributed by atoms with E-state index < -0.39 is 9.84 Å². The Labute approximate surface area is 181 Å². The molecule has 1 aromatic carbocycles. The summed E-state index contributed by atoms with van der Waals surface area (Å²) in [6.45, 7) is 1.61. The van der Waals surface area contributed by atoms with Crippen LogP contribution in [0, 0.1) is 0 Å². The van der Waals surface area contributed by atoms with Gasteiger partial charge in [0.2, 0.25) is 0 Å². The number of likely N-dealkylation sites (tertiary alicyclic amines) is 1. The molecule has 31 heavy (non-hydrogen) atoms. The molecule has 1 saturated heterocycles. The van der Waals surface area contributed by atoms with Crippen LogP contribution in [-0.2, 0) is 19.3 Å². The summed E-state index contributed by atoms with van der Waals surface area (Å²) in [4.78, 5) is 26.3. The number of rotatable bonds is 7. The van der Waals surface area contributed by atoms with Crippen molar-refractivity contribution in [3.8, 4) is 11.4 Å². The zero-order valence-corrected chi connectivity index (χ0v) is 18.3. The lowest BCUT2D eigenvalue weighted by Crippen LogP contribution is -2.42. The van der Waals surface area contributed by atoms with Gasteiger partial charge in [-0.3, -0.25) is 9.36 Å². The van der Waals surface area contributed by atoms with Gasteiger partial charge in [0.25, 0.3) is 5.56 Å². The maximum absolute atomic E-state index is 12.5. The van der Waals surface area contributed by atoms with Gasteiger partial charge >= 0.3 is 6.09 Å². The standard InChI is InChI=1S/C21H26N2O7S/c1-28-13-14-29-21(25)22-10-7-17(8-11-22)30-18-9-12-23(20(24)15-18)16-3-5-19(6-4-16)31(2,26)27/h3-6,9,12,15,17H,7-8,10-11,13-14H2,1-2H3. The first kappa shape index (κ1) is 22.8. The molecule has 168 valence electrons. The Morgan fingerprint density at radius 1 is 1.10 bits per heavy atom. The van der Waals surface area contributed by atoms with E-state index in [-0.39, 0.29) is 29.3 Å². The number of carbonyl (C=O) groups excluding carboxylic acids is 1. The van der Waals surface area contributed by atoms with Crippen molar-refractivity contribution in [3.63, 3.8) is 0 Å². The van der Waals surface area contributed by atoms with Crippen LogP contribution in [0.25, 0.3) is 5.69 Å². The fraction of sp³-hybridized carbons (Fsp3) is 0.429. The lowest BCUT2D eigenvalue weighted by atomic mass is 10.1. The summed E-state index contributed by atoms with van der Waals surface area (Å²) in [6, 6.07) is 9.19. The first-order valence-electron chi connectivity index (χ1n) is 9.88. The summed E-state index contributed by atoms with van der Waals surface area (Å²) in [5.74, 6) is 0.454. The van der Waals surface area contributed by atoms with Crippen LogP contribution in [-0.4, -0.2) is 69.8 Å². The van der Waals surface area contributed by atoms with Crippen LogP contribution in [0.3, 0.4) is 0 Å². The Bertz CT molecular complexity index is 1060. The highest BCUT2D eigenvalue weighted by atomic mass is 32.2. The van der Waals surface area contributed by atoms with E-state index in [1.807, 2.05) is 0 Å². The van der Waals surface area contributed by atoms with Gasteiger partial charge in [-0.25, -0.2) is 13.2 Å². The molecule has 0 aliphatic carbocycles. The minimum absolute atomic E-state index is 0.104. The van der Waals surface area contributed by atoms with Crippen LogP contribution in [0.1, 0.15) is 12.8 Å². The van der Waals surface area contributed by atoms with Gasteiger partial charge in [-0.2, -0.15) is 0 Å². The van der Waals surface area contributed by atoms with Gasteiger partial charge in [0.1, 0.15) is 18.5 Å². The predicted octanol–water partition coefficient (Wildman–Crippen LogP) is 1.87. The maximum atomic E-state index is 12.5. The van der Waals surface area contributed by atoms with Gasteiger partial charge < -0.3 is 19.1 Å². The largest absolute Gasteiger partial charge is 0.490 e. The number of aromatic nitrogens is 1.